The van der Waals surface area contributed by atoms with Crippen LogP contribution in [0.3, 0.4) is 0 Å². The van der Waals surface area contributed by atoms with Gasteiger partial charge in [-0.25, -0.2) is 4.98 Å². The Bertz CT molecular complexity index is 993. The highest BCUT2D eigenvalue weighted by Crippen LogP contribution is 2.24. The Morgan fingerprint density at radius 2 is 1.68 bits per heavy atom. The number of para-hydroxylation sites is 2. The van der Waals surface area contributed by atoms with Crippen molar-refractivity contribution >= 4 is 34.0 Å². The van der Waals surface area contributed by atoms with Crippen molar-refractivity contribution in [2.75, 3.05) is 0 Å². The van der Waals surface area contributed by atoms with Gasteiger partial charge in [-0.05, 0) is 31.2 Å². The minimum atomic E-state index is 0.975. The first kappa shape index (κ1) is 12.8. The van der Waals surface area contributed by atoms with Gasteiger partial charge >= 0.3 is 0 Å². The summed E-state index contributed by atoms with van der Waals surface area (Å²) in [5.41, 5.74) is 5.58. The molecule has 22 heavy (non-hydrogen) atoms. The van der Waals surface area contributed by atoms with Crippen molar-refractivity contribution in [1.29, 1.82) is 0 Å². The summed E-state index contributed by atoms with van der Waals surface area (Å²) < 4.78 is 0. The first-order valence-corrected chi connectivity index (χ1v) is 7.42. The Balaban J connectivity index is 1.77. The molecule has 0 aliphatic rings. The number of H-pyrrole nitrogens is 1. The summed E-state index contributed by atoms with van der Waals surface area (Å²) in [5.74, 6) is 0. The summed E-state index contributed by atoms with van der Waals surface area (Å²) >= 11 is 0. The lowest BCUT2D eigenvalue weighted by Crippen LogP contribution is -1.82. The van der Waals surface area contributed by atoms with Crippen LogP contribution in [-0.2, 0) is 0 Å². The molecular weight excluding hydrogens is 268 g/mol. The average molecular weight is 284 g/mol. The lowest BCUT2D eigenvalue weighted by molar-refractivity contribution is 1.29. The van der Waals surface area contributed by atoms with E-state index < -0.39 is 0 Å². The van der Waals surface area contributed by atoms with Gasteiger partial charge < -0.3 is 4.98 Å². The summed E-state index contributed by atoms with van der Waals surface area (Å²) in [7, 11) is 0. The van der Waals surface area contributed by atoms with Gasteiger partial charge in [0, 0.05) is 27.5 Å². The number of aromatic nitrogens is 2. The largest absolute Gasteiger partial charge is 0.358 e. The number of aryl methyl sites for hydroxylation is 1. The third-order valence-electron chi connectivity index (χ3n) is 3.98. The molecule has 2 aromatic heterocycles. The number of rotatable bonds is 2. The lowest BCUT2D eigenvalue weighted by atomic mass is 10.1. The van der Waals surface area contributed by atoms with Gasteiger partial charge in [0.25, 0.3) is 0 Å². The maximum atomic E-state index is 4.69. The van der Waals surface area contributed by atoms with Gasteiger partial charge in [0.05, 0.1) is 11.2 Å². The number of nitrogens with zero attached hydrogens (tertiary/aromatic N) is 1. The number of hydrogen-bond acceptors (Lipinski definition) is 1. The van der Waals surface area contributed by atoms with Gasteiger partial charge in [-0.3, -0.25) is 0 Å². The van der Waals surface area contributed by atoms with E-state index in [1.165, 1.54) is 27.5 Å². The topological polar surface area (TPSA) is 28.7 Å². The van der Waals surface area contributed by atoms with E-state index in [9.17, 15) is 0 Å². The molecule has 0 saturated heterocycles. The maximum absolute atomic E-state index is 4.69. The molecular formula is C20H16N2. The molecule has 0 atom stereocenters. The number of fused-ring (bicyclic) bond motifs is 2. The Morgan fingerprint density at radius 1 is 0.864 bits per heavy atom. The molecule has 0 unspecified atom stereocenters. The Kier molecular flexibility index (Phi) is 3.01. The monoisotopic (exact) mass is 284 g/mol. The summed E-state index contributed by atoms with van der Waals surface area (Å²) in [6.07, 6.45) is 4.22. The van der Waals surface area contributed by atoms with Crippen LogP contribution in [0.5, 0.6) is 0 Å². The fourth-order valence-corrected chi connectivity index (χ4v) is 2.86. The number of hydrogen-bond donors (Lipinski definition) is 1. The molecule has 2 heteroatoms. The molecule has 0 aliphatic heterocycles. The molecule has 1 N–H and O–H groups in total. The maximum Gasteiger partial charge on any atom is 0.0709 e. The lowest BCUT2D eigenvalue weighted by Gasteiger charge is -1.99. The van der Waals surface area contributed by atoms with E-state index in [0.717, 1.165) is 11.2 Å². The van der Waals surface area contributed by atoms with Crippen molar-refractivity contribution < 1.29 is 0 Å². The molecule has 0 radical (unpaired) electrons. The molecule has 4 aromatic rings. The Hall–Kier alpha value is -2.87. The van der Waals surface area contributed by atoms with Crippen LogP contribution in [0.4, 0.5) is 0 Å². The van der Waals surface area contributed by atoms with E-state index in [2.05, 4.69) is 71.5 Å². The molecule has 106 valence electrons. The third kappa shape index (κ3) is 2.19. The smallest absolute Gasteiger partial charge is 0.0709 e. The average Bonchev–Trinajstić information content (AvgIpc) is 2.88. The van der Waals surface area contributed by atoms with Gasteiger partial charge in [0.2, 0.25) is 0 Å². The molecule has 0 spiro atoms. The van der Waals surface area contributed by atoms with E-state index in [1.807, 2.05) is 18.2 Å². The SMILES string of the molecule is Cc1[nH]c2ccccc2c1/C=C/c1ccc2ccccc2n1. The van der Waals surface area contributed by atoms with Crippen molar-refractivity contribution in [3.63, 3.8) is 0 Å². The van der Waals surface area contributed by atoms with Crippen molar-refractivity contribution in [2.45, 2.75) is 6.92 Å². The van der Waals surface area contributed by atoms with E-state index >= 15 is 0 Å². The van der Waals surface area contributed by atoms with Gasteiger partial charge in [-0.1, -0.05) is 48.5 Å². The first-order valence-electron chi connectivity index (χ1n) is 7.42. The van der Waals surface area contributed by atoms with Gasteiger partial charge in [-0.2, -0.15) is 0 Å². The minimum absolute atomic E-state index is 0.975. The summed E-state index contributed by atoms with van der Waals surface area (Å²) in [5, 5.41) is 2.42. The zero-order valence-electron chi connectivity index (χ0n) is 12.4. The van der Waals surface area contributed by atoms with Crippen molar-refractivity contribution in [1.82, 2.24) is 9.97 Å². The molecule has 4 rings (SSSR count). The predicted octanol–water partition coefficient (Wildman–Crippen LogP) is 5.19. The standard InChI is InChI=1S/C20H16N2/c1-14-17(18-7-3-5-9-20(18)21-14)13-12-16-11-10-15-6-2-4-8-19(15)22-16/h2-13,21H,1H3/b13-12+. The summed E-state index contributed by atoms with van der Waals surface area (Å²) in [6, 6.07) is 20.7. The quantitative estimate of drug-likeness (QED) is 0.539. The molecule has 0 saturated carbocycles. The van der Waals surface area contributed by atoms with Gasteiger partial charge in [0.1, 0.15) is 0 Å². The van der Waals surface area contributed by atoms with Crippen LogP contribution in [0.15, 0.2) is 60.7 Å². The fraction of sp³-hybridized carbons (Fsp3) is 0.0500. The van der Waals surface area contributed by atoms with Crippen LogP contribution >= 0.6 is 0 Å². The number of aromatic amines is 1. The van der Waals surface area contributed by atoms with Gasteiger partial charge in [-0.15, -0.1) is 0 Å². The second-order valence-corrected chi connectivity index (χ2v) is 5.47. The fourth-order valence-electron chi connectivity index (χ4n) is 2.86. The molecule has 2 heterocycles. The van der Waals surface area contributed by atoms with Crippen LogP contribution in [0.1, 0.15) is 17.0 Å². The van der Waals surface area contributed by atoms with Crippen molar-refractivity contribution in [3.8, 4) is 0 Å². The van der Waals surface area contributed by atoms with Gasteiger partial charge in [0.15, 0.2) is 0 Å². The third-order valence-corrected chi connectivity index (χ3v) is 3.98. The highest BCUT2D eigenvalue weighted by Gasteiger charge is 2.04. The highest BCUT2D eigenvalue weighted by molar-refractivity contribution is 5.93. The van der Waals surface area contributed by atoms with Crippen LogP contribution < -0.4 is 0 Å². The summed E-state index contributed by atoms with van der Waals surface area (Å²) in [4.78, 5) is 8.11. The highest BCUT2D eigenvalue weighted by atomic mass is 14.7. The van der Waals surface area contributed by atoms with E-state index in [0.29, 0.717) is 0 Å². The van der Waals surface area contributed by atoms with Crippen LogP contribution in [0.2, 0.25) is 0 Å². The zero-order chi connectivity index (χ0) is 14.9. The minimum Gasteiger partial charge on any atom is -0.358 e. The Morgan fingerprint density at radius 3 is 2.64 bits per heavy atom. The molecule has 0 aliphatic carbocycles. The Labute approximate surface area is 129 Å². The predicted molar refractivity (Wildman–Crippen MR) is 93.7 cm³/mol. The van der Waals surface area contributed by atoms with E-state index in [-0.39, 0.29) is 0 Å². The molecule has 2 aromatic carbocycles. The molecule has 0 bridgehead atoms. The molecule has 0 amide bonds. The van der Waals surface area contributed by atoms with Crippen molar-refractivity contribution in [2.24, 2.45) is 0 Å². The van der Waals surface area contributed by atoms with Crippen molar-refractivity contribution in [3.05, 3.63) is 77.6 Å². The number of benzene rings is 2. The zero-order valence-corrected chi connectivity index (χ0v) is 12.4. The van der Waals surface area contributed by atoms with Crippen LogP contribution in [0, 0.1) is 6.92 Å². The number of pyridine rings is 1. The summed E-state index contributed by atoms with van der Waals surface area (Å²) in [6.45, 7) is 2.10. The van der Waals surface area contributed by atoms with Crippen LogP contribution in [0.25, 0.3) is 34.0 Å². The second kappa shape index (κ2) is 5.15. The van der Waals surface area contributed by atoms with E-state index in [4.69, 9.17) is 0 Å². The second-order valence-electron chi connectivity index (χ2n) is 5.47. The molecule has 0 fully saturated rings. The first-order chi connectivity index (χ1) is 10.8. The van der Waals surface area contributed by atoms with Crippen LogP contribution in [-0.4, -0.2) is 9.97 Å². The molecule has 2 nitrogen and oxygen atoms in total. The normalized spacial score (nSPS) is 11.7. The van der Waals surface area contributed by atoms with E-state index in [1.54, 1.807) is 0 Å². The number of nitrogens with one attached hydrogen (secondary N) is 1.